The van der Waals surface area contributed by atoms with Gasteiger partial charge in [0.05, 0.1) is 6.54 Å². The normalized spacial score (nSPS) is 17.6. The van der Waals surface area contributed by atoms with Gasteiger partial charge in [-0.15, -0.1) is 0 Å². The maximum Gasteiger partial charge on any atom is 0.246 e. The Morgan fingerprint density at radius 2 is 1.68 bits per heavy atom. The Bertz CT molecular complexity index is 811. The summed E-state index contributed by atoms with van der Waals surface area (Å²) in [5, 5.41) is 2.48. The van der Waals surface area contributed by atoms with Crippen molar-refractivity contribution in [2.24, 2.45) is 0 Å². The van der Waals surface area contributed by atoms with E-state index < -0.39 is 29.4 Å². The number of nitrogens with one attached hydrogen (secondary N) is 1. The molecule has 1 aliphatic rings. The molecule has 7 heteroatoms. The summed E-state index contributed by atoms with van der Waals surface area (Å²) in [5.41, 5.74) is 0.683. The highest BCUT2D eigenvalue weighted by Crippen LogP contribution is 2.18. The lowest BCUT2D eigenvalue weighted by molar-refractivity contribution is -0.144. The molecule has 4 nitrogen and oxygen atoms in total. The van der Waals surface area contributed by atoms with Crippen molar-refractivity contribution in [3.63, 3.8) is 0 Å². The van der Waals surface area contributed by atoms with E-state index in [1.54, 1.807) is 0 Å². The highest BCUT2D eigenvalue weighted by molar-refractivity contribution is 5.95. The van der Waals surface area contributed by atoms with Gasteiger partial charge in [-0.3, -0.25) is 9.59 Å². The molecule has 3 rings (SSSR count). The van der Waals surface area contributed by atoms with E-state index in [9.17, 15) is 22.8 Å². The summed E-state index contributed by atoms with van der Waals surface area (Å²) >= 11 is 0. The minimum absolute atomic E-state index is 0.107. The molecule has 1 fully saturated rings. The third-order valence-electron chi connectivity index (χ3n) is 4.01. The molecule has 1 aliphatic heterocycles. The van der Waals surface area contributed by atoms with Crippen LogP contribution in [-0.4, -0.2) is 29.3 Å². The Balaban J connectivity index is 1.78. The molecule has 2 amide bonds. The van der Waals surface area contributed by atoms with Gasteiger partial charge in [-0.1, -0.05) is 30.3 Å². The molecule has 0 spiro atoms. The van der Waals surface area contributed by atoms with Crippen molar-refractivity contribution in [1.29, 1.82) is 0 Å². The lowest BCUT2D eigenvalue weighted by Crippen LogP contribution is -2.58. The third kappa shape index (κ3) is 3.81. The molecular formula is C18H15F3N2O2. The monoisotopic (exact) mass is 348 g/mol. The van der Waals surface area contributed by atoms with Crippen molar-refractivity contribution >= 4 is 11.8 Å². The number of nitrogens with zero attached hydrogens (tertiary/aromatic N) is 1. The number of amides is 2. The van der Waals surface area contributed by atoms with Gasteiger partial charge in [0, 0.05) is 19.0 Å². The fraction of sp³-hybridized carbons (Fsp3) is 0.222. The van der Waals surface area contributed by atoms with Crippen LogP contribution in [0.3, 0.4) is 0 Å². The smallest absolute Gasteiger partial charge is 0.246 e. The first-order valence-electron chi connectivity index (χ1n) is 7.69. The maximum atomic E-state index is 13.8. The molecule has 0 radical (unpaired) electrons. The second-order valence-electron chi connectivity index (χ2n) is 5.86. The van der Waals surface area contributed by atoms with Crippen LogP contribution >= 0.6 is 0 Å². The standard InChI is InChI=1S/C18H15F3N2O2/c19-13-8-15(21)14(20)6-12(13)7-16-18(25)23(10-17(24)22-16)9-11-4-2-1-3-5-11/h1-6,8,16H,7,9-10H2,(H,22,24)/t16-/m1/s1. The highest BCUT2D eigenvalue weighted by Gasteiger charge is 2.33. The number of carbonyl (C=O) groups is 2. The van der Waals surface area contributed by atoms with Gasteiger partial charge in [0.2, 0.25) is 11.8 Å². The van der Waals surface area contributed by atoms with Gasteiger partial charge in [0.25, 0.3) is 0 Å². The fourth-order valence-electron chi connectivity index (χ4n) is 2.79. The maximum absolute atomic E-state index is 13.8. The molecule has 0 bridgehead atoms. The van der Waals surface area contributed by atoms with Gasteiger partial charge >= 0.3 is 0 Å². The molecule has 1 atom stereocenters. The first-order valence-corrected chi connectivity index (χ1v) is 7.69. The number of rotatable bonds is 4. The number of benzene rings is 2. The molecule has 0 unspecified atom stereocenters. The van der Waals surface area contributed by atoms with E-state index >= 15 is 0 Å². The number of carbonyl (C=O) groups excluding carboxylic acids is 2. The van der Waals surface area contributed by atoms with Crippen molar-refractivity contribution in [1.82, 2.24) is 10.2 Å². The average Bonchev–Trinajstić information content (AvgIpc) is 2.57. The number of halogens is 3. The van der Waals surface area contributed by atoms with Crippen LogP contribution in [0.25, 0.3) is 0 Å². The molecule has 2 aromatic rings. The molecule has 1 saturated heterocycles. The molecule has 0 saturated carbocycles. The molecule has 25 heavy (non-hydrogen) atoms. The summed E-state index contributed by atoms with van der Waals surface area (Å²) in [6.07, 6.45) is -0.251. The Morgan fingerprint density at radius 1 is 1.00 bits per heavy atom. The van der Waals surface area contributed by atoms with Gasteiger partial charge in [-0.25, -0.2) is 13.2 Å². The number of piperazine rings is 1. The van der Waals surface area contributed by atoms with Crippen molar-refractivity contribution in [2.75, 3.05) is 6.54 Å². The highest BCUT2D eigenvalue weighted by atomic mass is 19.2. The second kappa shape index (κ2) is 6.96. The third-order valence-corrected chi connectivity index (χ3v) is 4.01. The van der Waals surface area contributed by atoms with Gasteiger partial charge in [-0.05, 0) is 17.2 Å². The Morgan fingerprint density at radius 3 is 2.40 bits per heavy atom. The van der Waals surface area contributed by atoms with Crippen molar-refractivity contribution in [2.45, 2.75) is 19.0 Å². The Kier molecular flexibility index (Phi) is 4.74. The van der Waals surface area contributed by atoms with Crippen molar-refractivity contribution < 1.29 is 22.8 Å². The van der Waals surface area contributed by atoms with Gasteiger partial charge < -0.3 is 10.2 Å². The van der Waals surface area contributed by atoms with Crippen molar-refractivity contribution in [3.05, 3.63) is 71.0 Å². The predicted molar refractivity (Wildman–Crippen MR) is 83.8 cm³/mol. The van der Waals surface area contributed by atoms with Crippen LogP contribution in [0.5, 0.6) is 0 Å². The van der Waals surface area contributed by atoms with E-state index in [2.05, 4.69) is 5.32 Å². The Hall–Kier alpha value is -2.83. The van der Waals surface area contributed by atoms with E-state index in [-0.39, 0.29) is 31.0 Å². The van der Waals surface area contributed by atoms with Gasteiger partial charge in [0.15, 0.2) is 11.6 Å². The van der Waals surface area contributed by atoms with Crippen LogP contribution in [0.4, 0.5) is 13.2 Å². The zero-order chi connectivity index (χ0) is 18.0. The van der Waals surface area contributed by atoms with E-state index in [4.69, 9.17) is 0 Å². The zero-order valence-corrected chi connectivity index (χ0v) is 13.1. The SMILES string of the molecule is O=C1CN(Cc2ccccc2)C(=O)[C@@H](Cc2cc(F)c(F)cc2F)N1. The van der Waals surface area contributed by atoms with Crippen LogP contribution in [0.2, 0.25) is 0 Å². The first-order chi connectivity index (χ1) is 11.9. The predicted octanol–water partition coefficient (Wildman–Crippen LogP) is 2.17. The van der Waals surface area contributed by atoms with E-state index in [1.165, 1.54) is 4.90 Å². The summed E-state index contributed by atoms with van der Waals surface area (Å²) in [6, 6.07) is 9.23. The van der Waals surface area contributed by atoms with Crippen molar-refractivity contribution in [3.8, 4) is 0 Å². The largest absolute Gasteiger partial charge is 0.342 e. The fourth-order valence-corrected chi connectivity index (χ4v) is 2.79. The summed E-state index contributed by atoms with van der Waals surface area (Å²) < 4.78 is 40.2. The summed E-state index contributed by atoms with van der Waals surface area (Å²) in [4.78, 5) is 25.8. The minimum Gasteiger partial charge on any atom is -0.342 e. The molecule has 1 heterocycles. The Labute approximate surface area is 142 Å². The van der Waals surface area contributed by atoms with E-state index in [0.29, 0.717) is 12.1 Å². The van der Waals surface area contributed by atoms with Crippen LogP contribution < -0.4 is 5.32 Å². The average molecular weight is 348 g/mol. The van der Waals surface area contributed by atoms with E-state index in [1.807, 2.05) is 30.3 Å². The summed E-state index contributed by atoms with van der Waals surface area (Å²) in [5.74, 6) is -4.24. The van der Waals surface area contributed by atoms with Crippen LogP contribution in [0.1, 0.15) is 11.1 Å². The van der Waals surface area contributed by atoms with Crippen LogP contribution in [0, 0.1) is 17.5 Å². The quantitative estimate of drug-likeness (QED) is 0.861. The van der Waals surface area contributed by atoms with Gasteiger partial charge in [0.1, 0.15) is 11.9 Å². The summed E-state index contributed by atoms with van der Waals surface area (Å²) in [6.45, 7) is 0.133. The molecule has 1 N–H and O–H groups in total. The lowest BCUT2D eigenvalue weighted by atomic mass is 10.0. The minimum atomic E-state index is -1.30. The topological polar surface area (TPSA) is 49.4 Å². The molecule has 0 aromatic heterocycles. The number of hydrogen-bond acceptors (Lipinski definition) is 2. The lowest BCUT2D eigenvalue weighted by Gasteiger charge is -2.32. The molecular weight excluding hydrogens is 333 g/mol. The zero-order valence-electron chi connectivity index (χ0n) is 13.1. The molecule has 130 valence electrons. The molecule has 2 aromatic carbocycles. The number of hydrogen-bond donors (Lipinski definition) is 1. The van der Waals surface area contributed by atoms with Crippen LogP contribution in [-0.2, 0) is 22.6 Å². The van der Waals surface area contributed by atoms with Gasteiger partial charge in [-0.2, -0.15) is 0 Å². The van der Waals surface area contributed by atoms with Crippen LogP contribution in [0.15, 0.2) is 42.5 Å². The summed E-state index contributed by atoms with van der Waals surface area (Å²) in [7, 11) is 0. The molecule has 0 aliphatic carbocycles. The first kappa shape index (κ1) is 17.0. The van der Waals surface area contributed by atoms with E-state index in [0.717, 1.165) is 5.56 Å². The second-order valence-corrected chi connectivity index (χ2v) is 5.86.